The Hall–Kier alpha value is -1.44. The van der Waals surface area contributed by atoms with E-state index >= 15 is 0 Å². The van der Waals surface area contributed by atoms with E-state index in [1.54, 1.807) is 20.8 Å². The maximum atomic E-state index is 11.9. The van der Waals surface area contributed by atoms with E-state index in [1.807, 2.05) is 0 Å². The number of hydrogen-bond acceptors (Lipinski definition) is 6. The van der Waals surface area contributed by atoms with Crippen molar-refractivity contribution in [3.8, 4) is 0 Å². The summed E-state index contributed by atoms with van der Waals surface area (Å²) in [6, 6.07) is 0. The van der Waals surface area contributed by atoms with Gasteiger partial charge in [-0.05, 0) is 20.8 Å². The van der Waals surface area contributed by atoms with E-state index in [-0.39, 0.29) is 18.1 Å². The SMILES string of the molecule is COC(=O)c1ncn(CCS(=O)(=O)C(C)(C)C)n1. The molecule has 1 heterocycles. The van der Waals surface area contributed by atoms with Gasteiger partial charge < -0.3 is 4.74 Å². The molecule has 1 rings (SSSR count). The van der Waals surface area contributed by atoms with Crippen molar-refractivity contribution >= 4 is 15.8 Å². The van der Waals surface area contributed by atoms with Crippen molar-refractivity contribution < 1.29 is 17.9 Å². The fourth-order valence-corrected chi connectivity index (χ4v) is 2.15. The first-order valence-electron chi connectivity index (χ1n) is 5.37. The van der Waals surface area contributed by atoms with Crippen LogP contribution in [0, 0.1) is 0 Å². The van der Waals surface area contributed by atoms with Crippen molar-refractivity contribution in [1.29, 1.82) is 0 Å². The smallest absolute Gasteiger partial charge is 0.377 e. The van der Waals surface area contributed by atoms with E-state index in [0.717, 1.165) is 0 Å². The van der Waals surface area contributed by atoms with Crippen molar-refractivity contribution in [1.82, 2.24) is 14.8 Å². The molecule has 8 heteroatoms. The average molecular weight is 275 g/mol. The number of sulfone groups is 1. The third-order valence-corrected chi connectivity index (χ3v) is 5.01. The van der Waals surface area contributed by atoms with Crippen LogP contribution in [-0.4, -0.2) is 46.8 Å². The number of carbonyl (C=O) groups is 1. The zero-order valence-electron chi connectivity index (χ0n) is 10.9. The normalized spacial score (nSPS) is 12.4. The number of carbonyl (C=O) groups excluding carboxylic acids is 1. The lowest BCUT2D eigenvalue weighted by Crippen LogP contribution is -2.32. The summed E-state index contributed by atoms with van der Waals surface area (Å²) in [5.41, 5.74) is 0. The van der Waals surface area contributed by atoms with Crippen LogP contribution in [0.4, 0.5) is 0 Å². The summed E-state index contributed by atoms with van der Waals surface area (Å²) in [7, 11) is -1.99. The number of methoxy groups -OCH3 is 1. The van der Waals surface area contributed by atoms with Crippen molar-refractivity contribution in [2.24, 2.45) is 0 Å². The van der Waals surface area contributed by atoms with Crippen LogP contribution in [0.5, 0.6) is 0 Å². The molecule has 0 bridgehead atoms. The lowest BCUT2D eigenvalue weighted by Gasteiger charge is -2.18. The van der Waals surface area contributed by atoms with Crippen LogP contribution >= 0.6 is 0 Å². The predicted octanol–water partition coefficient (Wildman–Crippen LogP) is 0.278. The first-order chi connectivity index (χ1) is 8.17. The molecule has 0 unspecified atom stereocenters. The van der Waals surface area contributed by atoms with E-state index in [0.29, 0.717) is 0 Å². The van der Waals surface area contributed by atoms with Gasteiger partial charge in [0.15, 0.2) is 9.84 Å². The minimum Gasteiger partial charge on any atom is -0.463 e. The molecule has 0 aliphatic carbocycles. The van der Waals surface area contributed by atoms with Gasteiger partial charge in [0.05, 0.1) is 24.2 Å². The van der Waals surface area contributed by atoms with Crippen molar-refractivity contribution in [2.75, 3.05) is 12.9 Å². The van der Waals surface area contributed by atoms with Crippen molar-refractivity contribution in [3.63, 3.8) is 0 Å². The lowest BCUT2D eigenvalue weighted by atomic mass is 10.3. The Labute approximate surface area is 106 Å². The summed E-state index contributed by atoms with van der Waals surface area (Å²) in [5, 5.41) is 3.83. The molecule has 0 aromatic carbocycles. The van der Waals surface area contributed by atoms with E-state index in [4.69, 9.17) is 0 Å². The number of hydrogen-bond donors (Lipinski definition) is 0. The van der Waals surface area contributed by atoms with E-state index in [1.165, 1.54) is 18.1 Å². The Balaban J connectivity index is 2.71. The third kappa shape index (κ3) is 3.28. The average Bonchev–Trinajstić information content (AvgIpc) is 2.72. The molecular formula is C10H17N3O4S. The molecule has 0 fully saturated rings. The fraction of sp³-hybridized carbons (Fsp3) is 0.700. The predicted molar refractivity (Wildman–Crippen MR) is 64.9 cm³/mol. The summed E-state index contributed by atoms with van der Waals surface area (Å²) < 4.78 is 28.7. The molecule has 0 aliphatic heterocycles. The summed E-state index contributed by atoms with van der Waals surface area (Å²) >= 11 is 0. The highest BCUT2D eigenvalue weighted by Gasteiger charge is 2.28. The van der Waals surface area contributed by atoms with E-state index in [9.17, 15) is 13.2 Å². The second-order valence-electron chi connectivity index (χ2n) is 4.75. The standard InChI is InChI=1S/C10H17N3O4S/c1-10(2,3)18(15,16)6-5-13-7-11-8(12-13)9(14)17-4/h7H,5-6H2,1-4H3. The van der Waals surface area contributed by atoms with Gasteiger partial charge in [-0.2, -0.15) is 0 Å². The van der Waals surface area contributed by atoms with Gasteiger partial charge in [-0.15, -0.1) is 5.10 Å². The van der Waals surface area contributed by atoms with Crippen LogP contribution in [0.1, 0.15) is 31.4 Å². The Bertz CT molecular complexity index is 528. The van der Waals surface area contributed by atoms with Gasteiger partial charge in [0.1, 0.15) is 6.33 Å². The zero-order chi connectivity index (χ0) is 14.0. The van der Waals surface area contributed by atoms with Gasteiger partial charge in [-0.1, -0.05) is 0 Å². The van der Waals surface area contributed by atoms with E-state index < -0.39 is 20.6 Å². The number of ether oxygens (including phenoxy) is 1. The maximum Gasteiger partial charge on any atom is 0.377 e. The Morgan fingerprint density at radius 3 is 2.56 bits per heavy atom. The van der Waals surface area contributed by atoms with Crippen molar-refractivity contribution in [3.05, 3.63) is 12.2 Å². The summed E-state index contributed by atoms with van der Waals surface area (Å²) in [4.78, 5) is 14.8. The molecule has 1 aromatic heterocycles. The minimum atomic E-state index is -3.22. The molecule has 0 amide bonds. The molecule has 0 saturated carbocycles. The molecule has 0 aliphatic rings. The summed E-state index contributed by atoms with van der Waals surface area (Å²) in [5.74, 6) is -0.779. The van der Waals surface area contributed by atoms with Crippen molar-refractivity contribution in [2.45, 2.75) is 32.1 Å². The number of aromatic nitrogens is 3. The molecule has 1 aromatic rings. The van der Waals surface area contributed by atoms with Gasteiger partial charge in [0.2, 0.25) is 0 Å². The fourth-order valence-electron chi connectivity index (χ4n) is 1.11. The number of nitrogens with zero attached hydrogens (tertiary/aromatic N) is 3. The zero-order valence-corrected chi connectivity index (χ0v) is 11.7. The van der Waals surface area contributed by atoms with Gasteiger partial charge in [-0.3, -0.25) is 4.68 Å². The molecule has 0 N–H and O–H groups in total. The molecule has 0 saturated heterocycles. The number of aryl methyl sites for hydroxylation is 1. The van der Waals surface area contributed by atoms with Gasteiger partial charge >= 0.3 is 5.97 Å². The van der Waals surface area contributed by atoms with Crippen LogP contribution in [0.3, 0.4) is 0 Å². The second-order valence-corrected chi connectivity index (χ2v) is 7.62. The second kappa shape index (κ2) is 5.05. The monoisotopic (exact) mass is 275 g/mol. The van der Waals surface area contributed by atoms with Gasteiger partial charge in [-0.25, -0.2) is 18.2 Å². The molecular weight excluding hydrogens is 258 g/mol. The highest BCUT2D eigenvalue weighted by molar-refractivity contribution is 7.92. The Morgan fingerprint density at radius 1 is 1.44 bits per heavy atom. The van der Waals surface area contributed by atoms with E-state index in [2.05, 4.69) is 14.8 Å². The molecule has 18 heavy (non-hydrogen) atoms. The molecule has 0 atom stereocenters. The van der Waals surface area contributed by atoms with Crippen LogP contribution in [0.15, 0.2) is 6.33 Å². The third-order valence-electron chi connectivity index (χ3n) is 2.43. The largest absolute Gasteiger partial charge is 0.463 e. The maximum absolute atomic E-state index is 11.9. The van der Waals surface area contributed by atoms with Crippen LogP contribution in [0.25, 0.3) is 0 Å². The summed E-state index contributed by atoms with van der Waals surface area (Å²) in [6.45, 7) is 5.08. The topological polar surface area (TPSA) is 91.1 Å². The molecule has 7 nitrogen and oxygen atoms in total. The van der Waals surface area contributed by atoms with Crippen LogP contribution in [-0.2, 0) is 21.1 Å². The first-order valence-corrected chi connectivity index (χ1v) is 7.02. The highest BCUT2D eigenvalue weighted by Crippen LogP contribution is 2.15. The number of rotatable bonds is 4. The number of esters is 1. The first kappa shape index (κ1) is 14.6. The van der Waals surface area contributed by atoms with Gasteiger partial charge in [0.25, 0.3) is 5.82 Å². The quantitative estimate of drug-likeness (QED) is 0.733. The highest BCUT2D eigenvalue weighted by atomic mass is 32.2. The molecule has 0 spiro atoms. The Kier molecular flexibility index (Phi) is 4.10. The minimum absolute atomic E-state index is 0.0551. The Morgan fingerprint density at radius 2 is 2.06 bits per heavy atom. The lowest BCUT2D eigenvalue weighted by molar-refractivity contribution is 0.0586. The van der Waals surface area contributed by atoms with Gasteiger partial charge in [0, 0.05) is 0 Å². The van der Waals surface area contributed by atoms with Crippen LogP contribution < -0.4 is 0 Å². The summed E-state index contributed by atoms with van der Waals surface area (Å²) in [6.07, 6.45) is 1.31. The molecule has 102 valence electrons. The molecule has 0 radical (unpaired) electrons. The van der Waals surface area contributed by atoms with Crippen LogP contribution in [0.2, 0.25) is 0 Å².